The van der Waals surface area contributed by atoms with Crippen LogP contribution in [0.5, 0.6) is 5.75 Å². The zero-order valence-electron chi connectivity index (χ0n) is 10.0. The van der Waals surface area contributed by atoms with Crippen LogP contribution in [0, 0.1) is 6.92 Å². The van der Waals surface area contributed by atoms with Gasteiger partial charge < -0.3 is 15.7 Å². The molecule has 1 aliphatic heterocycles. The lowest BCUT2D eigenvalue weighted by atomic mass is 10.0. The van der Waals surface area contributed by atoms with Crippen molar-refractivity contribution in [2.24, 2.45) is 5.73 Å². The van der Waals surface area contributed by atoms with Gasteiger partial charge in [-0.1, -0.05) is 0 Å². The number of piperidine rings is 1. The summed E-state index contributed by atoms with van der Waals surface area (Å²) in [5.41, 5.74) is 7.29. The second-order valence-corrected chi connectivity index (χ2v) is 4.63. The van der Waals surface area contributed by atoms with E-state index in [0.717, 1.165) is 31.5 Å². The highest BCUT2D eigenvalue weighted by Crippen LogP contribution is 2.19. The maximum absolute atomic E-state index is 12.2. The van der Waals surface area contributed by atoms with Gasteiger partial charge in [0.15, 0.2) is 0 Å². The largest absolute Gasteiger partial charge is 0.508 e. The van der Waals surface area contributed by atoms with Crippen LogP contribution in [-0.4, -0.2) is 35.0 Å². The first kappa shape index (κ1) is 11.9. The van der Waals surface area contributed by atoms with E-state index < -0.39 is 0 Å². The van der Waals surface area contributed by atoms with Crippen LogP contribution in [0.15, 0.2) is 18.2 Å². The van der Waals surface area contributed by atoms with Gasteiger partial charge in [-0.15, -0.1) is 0 Å². The summed E-state index contributed by atoms with van der Waals surface area (Å²) < 4.78 is 0. The summed E-state index contributed by atoms with van der Waals surface area (Å²) in [5, 5.41) is 9.32. The third kappa shape index (κ3) is 2.58. The summed E-state index contributed by atoms with van der Waals surface area (Å²) in [7, 11) is 0. The predicted octanol–water partition coefficient (Wildman–Crippen LogP) is 1.26. The fraction of sp³-hybridized carbons (Fsp3) is 0.462. The molecule has 1 aromatic rings. The molecule has 4 nitrogen and oxygen atoms in total. The van der Waals surface area contributed by atoms with Crippen molar-refractivity contribution in [1.29, 1.82) is 0 Å². The molecule has 4 heteroatoms. The molecule has 2 rings (SSSR count). The monoisotopic (exact) mass is 234 g/mol. The molecule has 1 aliphatic rings. The summed E-state index contributed by atoms with van der Waals surface area (Å²) in [6.07, 6.45) is 1.73. The van der Waals surface area contributed by atoms with Gasteiger partial charge in [0.1, 0.15) is 5.75 Å². The minimum absolute atomic E-state index is 0.0365. The molecule has 0 spiro atoms. The second-order valence-electron chi connectivity index (χ2n) is 4.63. The first-order chi connectivity index (χ1) is 8.08. The molecular formula is C13H18N2O2. The Morgan fingerprint density at radius 2 is 2.06 bits per heavy atom. The Hall–Kier alpha value is -1.55. The maximum atomic E-state index is 12.2. The van der Waals surface area contributed by atoms with Gasteiger partial charge >= 0.3 is 0 Å². The van der Waals surface area contributed by atoms with Gasteiger partial charge in [-0.05, 0) is 43.5 Å². The number of carbonyl (C=O) groups is 1. The molecule has 1 saturated heterocycles. The summed E-state index contributed by atoms with van der Waals surface area (Å²) in [5.74, 6) is 0.231. The third-order valence-electron chi connectivity index (χ3n) is 3.27. The van der Waals surface area contributed by atoms with E-state index in [9.17, 15) is 9.90 Å². The summed E-state index contributed by atoms with van der Waals surface area (Å²) >= 11 is 0. The topological polar surface area (TPSA) is 66.6 Å². The number of aromatic hydroxyl groups is 1. The van der Waals surface area contributed by atoms with Crippen molar-refractivity contribution in [2.45, 2.75) is 25.8 Å². The van der Waals surface area contributed by atoms with Crippen molar-refractivity contribution < 1.29 is 9.90 Å². The van der Waals surface area contributed by atoms with E-state index in [1.165, 1.54) is 0 Å². The number of hydrogen-bond donors (Lipinski definition) is 2. The Morgan fingerprint density at radius 3 is 2.65 bits per heavy atom. The number of carbonyl (C=O) groups excluding carboxylic acids is 1. The highest BCUT2D eigenvalue weighted by Gasteiger charge is 2.22. The van der Waals surface area contributed by atoms with Gasteiger partial charge in [0.05, 0.1) is 0 Å². The van der Waals surface area contributed by atoms with Crippen molar-refractivity contribution in [2.75, 3.05) is 13.1 Å². The van der Waals surface area contributed by atoms with Crippen molar-refractivity contribution in [3.8, 4) is 5.75 Å². The molecule has 0 bridgehead atoms. The van der Waals surface area contributed by atoms with Crippen LogP contribution < -0.4 is 5.73 Å². The normalized spacial score (nSPS) is 17.2. The molecule has 17 heavy (non-hydrogen) atoms. The van der Waals surface area contributed by atoms with Gasteiger partial charge in [0.25, 0.3) is 5.91 Å². The number of phenolic OH excluding ortho intramolecular Hbond substituents is 1. The molecule has 92 valence electrons. The number of benzene rings is 1. The lowest BCUT2D eigenvalue weighted by molar-refractivity contribution is 0.0714. The zero-order chi connectivity index (χ0) is 12.4. The quantitative estimate of drug-likeness (QED) is 0.769. The number of nitrogens with zero attached hydrogens (tertiary/aromatic N) is 1. The molecule has 0 saturated carbocycles. The van der Waals surface area contributed by atoms with E-state index in [0.29, 0.717) is 5.56 Å². The van der Waals surface area contributed by atoms with E-state index in [2.05, 4.69) is 0 Å². The number of likely N-dealkylation sites (tertiary alicyclic amines) is 1. The SMILES string of the molecule is Cc1cc(O)ccc1C(=O)N1CCC(N)CC1. The highest BCUT2D eigenvalue weighted by molar-refractivity contribution is 5.95. The van der Waals surface area contributed by atoms with E-state index >= 15 is 0 Å². The summed E-state index contributed by atoms with van der Waals surface area (Å²) in [4.78, 5) is 14.1. The standard InChI is InChI=1S/C13H18N2O2/c1-9-8-11(16)2-3-12(9)13(17)15-6-4-10(14)5-7-15/h2-3,8,10,16H,4-7,14H2,1H3. The van der Waals surface area contributed by atoms with Crippen LogP contribution in [0.2, 0.25) is 0 Å². The van der Waals surface area contributed by atoms with Crippen LogP contribution in [-0.2, 0) is 0 Å². The van der Waals surface area contributed by atoms with Crippen LogP contribution >= 0.6 is 0 Å². The fourth-order valence-corrected chi connectivity index (χ4v) is 2.16. The van der Waals surface area contributed by atoms with Crippen LogP contribution in [0.1, 0.15) is 28.8 Å². The van der Waals surface area contributed by atoms with Crippen LogP contribution in [0.4, 0.5) is 0 Å². The van der Waals surface area contributed by atoms with Crippen molar-refractivity contribution in [3.05, 3.63) is 29.3 Å². The number of phenols is 1. The molecule has 1 fully saturated rings. The minimum atomic E-state index is 0.0365. The number of aryl methyl sites for hydroxylation is 1. The molecular weight excluding hydrogens is 216 g/mol. The van der Waals surface area contributed by atoms with Gasteiger partial charge in [-0.25, -0.2) is 0 Å². The third-order valence-corrected chi connectivity index (χ3v) is 3.27. The average Bonchev–Trinajstić information content (AvgIpc) is 2.29. The molecule has 1 heterocycles. The Kier molecular flexibility index (Phi) is 3.33. The minimum Gasteiger partial charge on any atom is -0.508 e. The fourth-order valence-electron chi connectivity index (χ4n) is 2.16. The molecule has 0 radical (unpaired) electrons. The molecule has 0 unspecified atom stereocenters. The van der Waals surface area contributed by atoms with Crippen LogP contribution in [0.3, 0.4) is 0 Å². The zero-order valence-corrected chi connectivity index (χ0v) is 10.0. The molecule has 0 aromatic heterocycles. The van der Waals surface area contributed by atoms with Gasteiger partial charge in [0, 0.05) is 24.7 Å². The van der Waals surface area contributed by atoms with E-state index in [1.54, 1.807) is 18.2 Å². The van der Waals surface area contributed by atoms with Gasteiger partial charge in [-0.3, -0.25) is 4.79 Å². The number of hydrogen-bond acceptors (Lipinski definition) is 3. The highest BCUT2D eigenvalue weighted by atomic mass is 16.3. The summed E-state index contributed by atoms with van der Waals surface area (Å²) in [6, 6.07) is 5.07. The Balaban J connectivity index is 2.14. The molecule has 0 aliphatic carbocycles. The number of amides is 1. The predicted molar refractivity (Wildman–Crippen MR) is 66.0 cm³/mol. The van der Waals surface area contributed by atoms with E-state index in [4.69, 9.17) is 5.73 Å². The maximum Gasteiger partial charge on any atom is 0.254 e. The van der Waals surface area contributed by atoms with Gasteiger partial charge in [0.2, 0.25) is 0 Å². The molecule has 1 aromatic carbocycles. The average molecular weight is 234 g/mol. The first-order valence-electron chi connectivity index (χ1n) is 5.92. The van der Waals surface area contributed by atoms with Crippen molar-refractivity contribution in [1.82, 2.24) is 4.90 Å². The lowest BCUT2D eigenvalue weighted by Crippen LogP contribution is -2.43. The van der Waals surface area contributed by atoms with Crippen LogP contribution in [0.25, 0.3) is 0 Å². The van der Waals surface area contributed by atoms with Crippen molar-refractivity contribution >= 4 is 5.91 Å². The Morgan fingerprint density at radius 1 is 1.41 bits per heavy atom. The summed E-state index contributed by atoms with van der Waals surface area (Å²) in [6.45, 7) is 3.28. The van der Waals surface area contributed by atoms with E-state index in [1.807, 2.05) is 11.8 Å². The van der Waals surface area contributed by atoms with Crippen molar-refractivity contribution in [3.63, 3.8) is 0 Å². The smallest absolute Gasteiger partial charge is 0.254 e. The second kappa shape index (κ2) is 4.75. The molecule has 1 amide bonds. The van der Waals surface area contributed by atoms with Gasteiger partial charge in [-0.2, -0.15) is 0 Å². The lowest BCUT2D eigenvalue weighted by Gasteiger charge is -2.30. The van der Waals surface area contributed by atoms with E-state index in [-0.39, 0.29) is 17.7 Å². The first-order valence-corrected chi connectivity index (χ1v) is 5.92. The molecule has 3 N–H and O–H groups in total. The Bertz CT molecular complexity index is 423. The number of rotatable bonds is 1. The number of nitrogens with two attached hydrogens (primary N) is 1. The molecule has 0 atom stereocenters. The Labute approximate surface area is 101 Å².